The number of para-hydroxylation sites is 2. The molecule has 3 rings (SSSR count). The number of anilines is 1. The Morgan fingerprint density at radius 2 is 1.71 bits per heavy atom. The third-order valence-corrected chi connectivity index (χ3v) is 4.64. The van der Waals surface area contributed by atoms with Crippen molar-refractivity contribution in [3.05, 3.63) is 59.9 Å². The molecule has 7 heteroatoms. The van der Waals surface area contributed by atoms with Crippen LogP contribution in [0, 0.1) is 5.82 Å². The summed E-state index contributed by atoms with van der Waals surface area (Å²) in [4.78, 5) is 28.4. The molecule has 2 amide bonds. The first-order valence-electron chi connectivity index (χ1n) is 9.37. The van der Waals surface area contributed by atoms with Crippen LogP contribution in [0.1, 0.15) is 17.3 Å². The van der Waals surface area contributed by atoms with Gasteiger partial charge in [0.15, 0.2) is 0 Å². The third-order valence-electron chi connectivity index (χ3n) is 4.64. The van der Waals surface area contributed by atoms with E-state index in [1.54, 1.807) is 4.90 Å². The molecule has 1 heterocycles. The maximum Gasteiger partial charge on any atom is 0.251 e. The Labute approximate surface area is 163 Å². The molecule has 2 aromatic rings. The topological polar surface area (TPSA) is 61.9 Å². The summed E-state index contributed by atoms with van der Waals surface area (Å²) < 4.78 is 18.6. The molecule has 0 aliphatic carbocycles. The molecule has 0 radical (unpaired) electrons. The maximum absolute atomic E-state index is 12.9. The van der Waals surface area contributed by atoms with Crippen molar-refractivity contribution >= 4 is 17.5 Å². The summed E-state index contributed by atoms with van der Waals surface area (Å²) in [5, 5.41) is 2.60. The van der Waals surface area contributed by atoms with Gasteiger partial charge >= 0.3 is 0 Å². The lowest BCUT2D eigenvalue weighted by molar-refractivity contribution is -0.130. The van der Waals surface area contributed by atoms with Gasteiger partial charge in [0.25, 0.3) is 5.91 Å². The normalized spacial score (nSPS) is 13.9. The number of piperazine rings is 1. The molecule has 1 N–H and O–H groups in total. The summed E-state index contributed by atoms with van der Waals surface area (Å²) in [6.07, 6.45) is 0. The molecule has 0 saturated carbocycles. The number of ether oxygens (including phenoxy) is 1. The standard InChI is InChI=1S/C21H24FN3O3/c1-2-28-19-6-4-3-5-18(19)24-11-13-25(14-12-24)20(26)15-23-21(27)16-7-9-17(22)10-8-16/h3-10H,2,11-15H2,1H3,(H,23,27). The molecule has 0 bridgehead atoms. The minimum atomic E-state index is -0.406. The van der Waals surface area contributed by atoms with Gasteiger partial charge in [0.05, 0.1) is 18.8 Å². The van der Waals surface area contributed by atoms with E-state index in [0.29, 0.717) is 38.3 Å². The molecule has 1 aliphatic heterocycles. The van der Waals surface area contributed by atoms with E-state index in [4.69, 9.17) is 4.74 Å². The van der Waals surface area contributed by atoms with E-state index in [2.05, 4.69) is 10.2 Å². The van der Waals surface area contributed by atoms with Crippen molar-refractivity contribution in [3.8, 4) is 5.75 Å². The average molecular weight is 385 g/mol. The number of benzene rings is 2. The van der Waals surface area contributed by atoms with Crippen LogP contribution in [-0.4, -0.2) is 56.0 Å². The second-order valence-corrected chi connectivity index (χ2v) is 6.46. The highest BCUT2D eigenvalue weighted by atomic mass is 19.1. The van der Waals surface area contributed by atoms with E-state index in [-0.39, 0.29) is 12.5 Å². The first-order chi connectivity index (χ1) is 13.6. The van der Waals surface area contributed by atoms with Crippen molar-refractivity contribution < 1.29 is 18.7 Å². The Morgan fingerprint density at radius 1 is 1.04 bits per heavy atom. The zero-order valence-electron chi connectivity index (χ0n) is 15.9. The Hall–Kier alpha value is -3.09. The van der Waals surface area contributed by atoms with Crippen LogP contribution in [0.15, 0.2) is 48.5 Å². The van der Waals surface area contributed by atoms with Gasteiger partial charge in [-0.2, -0.15) is 0 Å². The largest absolute Gasteiger partial charge is 0.492 e. The predicted molar refractivity (Wildman–Crippen MR) is 105 cm³/mol. The smallest absolute Gasteiger partial charge is 0.251 e. The van der Waals surface area contributed by atoms with Crippen LogP contribution in [0.5, 0.6) is 5.75 Å². The van der Waals surface area contributed by atoms with Crippen LogP contribution in [0.3, 0.4) is 0 Å². The van der Waals surface area contributed by atoms with Gasteiger partial charge in [-0.05, 0) is 43.3 Å². The minimum Gasteiger partial charge on any atom is -0.492 e. The first-order valence-corrected chi connectivity index (χ1v) is 9.37. The van der Waals surface area contributed by atoms with Crippen LogP contribution in [0.4, 0.5) is 10.1 Å². The fourth-order valence-electron chi connectivity index (χ4n) is 3.16. The highest BCUT2D eigenvalue weighted by Crippen LogP contribution is 2.28. The average Bonchev–Trinajstić information content (AvgIpc) is 2.73. The van der Waals surface area contributed by atoms with Crippen LogP contribution in [0.2, 0.25) is 0 Å². The number of rotatable bonds is 6. The van der Waals surface area contributed by atoms with Crippen LogP contribution in [-0.2, 0) is 4.79 Å². The molecule has 0 spiro atoms. The maximum atomic E-state index is 12.9. The number of carbonyl (C=O) groups excluding carboxylic acids is 2. The first kappa shape index (κ1) is 19.7. The number of hydrogen-bond donors (Lipinski definition) is 1. The van der Waals surface area contributed by atoms with Gasteiger partial charge in [0, 0.05) is 31.7 Å². The molecule has 1 fully saturated rings. The Morgan fingerprint density at radius 3 is 2.39 bits per heavy atom. The van der Waals surface area contributed by atoms with E-state index in [1.165, 1.54) is 24.3 Å². The molecule has 1 saturated heterocycles. The summed E-state index contributed by atoms with van der Waals surface area (Å²) >= 11 is 0. The lowest BCUT2D eigenvalue weighted by Gasteiger charge is -2.36. The molecular weight excluding hydrogens is 361 g/mol. The Balaban J connectivity index is 1.50. The quantitative estimate of drug-likeness (QED) is 0.829. The van der Waals surface area contributed by atoms with Gasteiger partial charge in [0.2, 0.25) is 5.91 Å². The van der Waals surface area contributed by atoms with E-state index < -0.39 is 11.7 Å². The van der Waals surface area contributed by atoms with E-state index >= 15 is 0 Å². The monoisotopic (exact) mass is 385 g/mol. The minimum absolute atomic E-state index is 0.0776. The summed E-state index contributed by atoms with van der Waals surface area (Å²) in [7, 11) is 0. The molecule has 1 aliphatic rings. The summed E-state index contributed by atoms with van der Waals surface area (Å²) in [5.74, 6) is -0.0846. The summed E-state index contributed by atoms with van der Waals surface area (Å²) in [6.45, 7) is 5.02. The van der Waals surface area contributed by atoms with E-state index in [9.17, 15) is 14.0 Å². The van der Waals surface area contributed by atoms with Crippen molar-refractivity contribution in [3.63, 3.8) is 0 Å². The third kappa shape index (κ3) is 4.79. The van der Waals surface area contributed by atoms with Gasteiger partial charge in [-0.3, -0.25) is 9.59 Å². The number of hydrogen-bond acceptors (Lipinski definition) is 4. The van der Waals surface area contributed by atoms with E-state index in [0.717, 1.165) is 11.4 Å². The van der Waals surface area contributed by atoms with Gasteiger partial charge in [-0.15, -0.1) is 0 Å². The number of amides is 2. The number of carbonyl (C=O) groups is 2. The molecule has 6 nitrogen and oxygen atoms in total. The van der Waals surface area contributed by atoms with Gasteiger partial charge in [-0.1, -0.05) is 12.1 Å². The van der Waals surface area contributed by atoms with Crippen molar-refractivity contribution in [1.82, 2.24) is 10.2 Å². The molecule has 2 aromatic carbocycles. The van der Waals surface area contributed by atoms with E-state index in [1.807, 2.05) is 31.2 Å². The molecule has 148 valence electrons. The fraction of sp³-hybridized carbons (Fsp3) is 0.333. The highest BCUT2D eigenvalue weighted by molar-refractivity contribution is 5.96. The Kier molecular flexibility index (Phi) is 6.47. The SMILES string of the molecule is CCOc1ccccc1N1CCN(C(=O)CNC(=O)c2ccc(F)cc2)CC1. The zero-order chi connectivity index (χ0) is 19.9. The zero-order valence-corrected chi connectivity index (χ0v) is 15.9. The second kappa shape index (κ2) is 9.21. The van der Waals surface area contributed by atoms with Gasteiger partial charge < -0.3 is 19.9 Å². The van der Waals surface area contributed by atoms with Gasteiger partial charge in [0.1, 0.15) is 11.6 Å². The summed E-state index contributed by atoms with van der Waals surface area (Å²) in [6, 6.07) is 13.1. The lowest BCUT2D eigenvalue weighted by atomic mass is 10.2. The van der Waals surface area contributed by atoms with Crippen LogP contribution < -0.4 is 15.0 Å². The van der Waals surface area contributed by atoms with Crippen molar-refractivity contribution in [2.75, 3.05) is 44.2 Å². The number of nitrogens with one attached hydrogen (secondary N) is 1. The predicted octanol–water partition coefficient (Wildman–Crippen LogP) is 2.30. The second-order valence-electron chi connectivity index (χ2n) is 6.46. The molecular formula is C21H24FN3O3. The Bertz CT molecular complexity index is 818. The molecule has 28 heavy (non-hydrogen) atoms. The fourth-order valence-corrected chi connectivity index (χ4v) is 3.16. The van der Waals surface area contributed by atoms with Crippen molar-refractivity contribution in [2.24, 2.45) is 0 Å². The molecule has 0 aromatic heterocycles. The molecule has 0 atom stereocenters. The van der Waals surface area contributed by atoms with Crippen LogP contribution in [0.25, 0.3) is 0 Å². The van der Waals surface area contributed by atoms with Gasteiger partial charge in [-0.25, -0.2) is 4.39 Å². The summed E-state index contributed by atoms with van der Waals surface area (Å²) in [5.41, 5.74) is 1.35. The lowest BCUT2D eigenvalue weighted by Crippen LogP contribution is -2.51. The molecule has 0 unspecified atom stereocenters. The van der Waals surface area contributed by atoms with Crippen molar-refractivity contribution in [2.45, 2.75) is 6.92 Å². The number of halogens is 1. The highest BCUT2D eigenvalue weighted by Gasteiger charge is 2.23. The number of nitrogens with zero attached hydrogens (tertiary/aromatic N) is 2. The van der Waals surface area contributed by atoms with Crippen LogP contribution >= 0.6 is 0 Å². The van der Waals surface area contributed by atoms with Crippen molar-refractivity contribution in [1.29, 1.82) is 0 Å².